The van der Waals surface area contributed by atoms with Crippen LogP contribution in [0.1, 0.15) is 44.9 Å². The standard InChI is InChI=1S/C17H28N2O3S2/c20-16(6-2-1-4-14-7-13-23-24-14)18-8-10-19(11-9-18)17(21)15-5-3-12-22-15/h14-15H,1-13H2. The van der Waals surface area contributed by atoms with Crippen molar-refractivity contribution in [3.63, 3.8) is 0 Å². The molecule has 5 nitrogen and oxygen atoms in total. The van der Waals surface area contributed by atoms with Gasteiger partial charge in [0.15, 0.2) is 0 Å². The molecule has 0 spiro atoms. The number of nitrogens with zero attached hydrogens (tertiary/aromatic N) is 2. The van der Waals surface area contributed by atoms with Gasteiger partial charge in [0.25, 0.3) is 5.91 Å². The highest BCUT2D eigenvalue weighted by Crippen LogP contribution is 2.39. The summed E-state index contributed by atoms with van der Waals surface area (Å²) in [5, 5.41) is 0.803. The molecule has 24 heavy (non-hydrogen) atoms. The zero-order chi connectivity index (χ0) is 16.8. The number of rotatable bonds is 6. The zero-order valence-corrected chi connectivity index (χ0v) is 15.9. The van der Waals surface area contributed by atoms with Gasteiger partial charge in [-0.3, -0.25) is 9.59 Å². The maximum Gasteiger partial charge on any atom is 0.251 e. The van der Waals surface area contributed by atoms with Gasteiger partial charge in [-0.15, -0.1) is 0 Å². The van der Waals surface area contributed by atoms with Crippen LogP contribution in [0.3, 0.4) is 0 Å². The fourth-order valence-electron chi connectivity index (χ4n) is 3.52. The minimum atomic E-state index is -0.237. The summed E-state index contributed by atoms with van der Waals surface area (Å²) in [5.74, 6) is 1.66. The van der Waals surface area contributed by atoms with E-state index in [4.69, 9.17) is 4.74 Å². The molecular formula is C17H28N2O3S2. The van der Waals surface area contributed by atoms with E-state index in [2.05, 4.69) is 0 Å². The van der Waals surface area contributed by atoms with Crippen molar-refractivity contribution in [1.29, 1.82) is 0 Å². The summed E-state index contributed by atoms with van der Waals surface area (Å²) in [7, 11) is 4.00. The average Bonchev–Trinajstić information content (AvgIpc) is 3.31. The first kappa shape index (κ1) is 18.4. The lowest BCUT2D eigenvalue weighted by Crippen LogP contribution is -2.52. The van der Waals surface area contributed by atoms with Crippen LogP contribution in [0.25, 0.3) is 0 Å². The van der Waals surface area contributed by atoms with E-state index in [1.54, 1.807) is 0 Å². The van der Waals surface area contributed by atoms with Gasteiger partial charge in [-0.05, 0) is 32.1 Å². The summed E-state index contributed by atoms with van der Waals surface area (Å²) >= 11 is 0. The lowest BCUT2D eigenvalue weighted by atomic mass is 10.1. The van der Waals surface area contributed by atoms with Crippen molar-refractivity contribution < 1.29 is 14.3 Å². The van der Waals surface area contributed by atoms with Crippen LogP contribution >= 0.6 is 21.6 Å². The molecule has 3 saturated heterocycles. The summed E-state index contributed by atoms with van der Waals surface area (Å²) < 4.78 is 5.47. The summed E-state index contributed by atoms with van der Waals surface area (Å²) in [4.78, 5) is 28.4. The topological polar surface area (TPSA) is 49.9 Å². The predicted octanol–water partition coefficient (Wildman–Crippen LogP) is 2.55. The second-order valence-electron chi connectivity index (χ2n) is 6.78. The molecule has 3 rings (SSSR count). The molecule has 0 bridgehead atoms. The number of amides is 2. The molecule has 0 radical (unpaired) electrons. The molecule has 0 aromatic rings. The second kappa shape index (κ2) is 9.34. The summed E-state index contributed by atoms with van der Waals surface area (Å²) in [5.41, 5.74) is 0. The summed E-state index contributed by atoms with van der Waals surface area (Å²) in [6.45, 7) is 3.35. The minimum Gasteiger partial charge on any atom is -0.368 e. The molecule has 2 unspecified atom stereocenters. The van der Waals surface area contributed by atoms with Crippen molar-refractivity contribution in [1.82, 2.24) is 9.80 Å². The Morgan fingerprint density at radius 1 is 1.04 bits per heavy atom. The minimum absolute atomic E-state index is 0.117. The third kappa shape index (κ3) is 5.05. The predicted molar refractivity (Wildman–Crippen MR) is 99.1 cm³/mol. The van der Waals surface area contributed by atoms with E-state index in [0.717, 1.165) is 30.9 Å². The third-order valence-corrected chi connectivity index (χ3v) is 8.05. The Labute approximate surface area is 152 Å². The Kier molecular flexibility index (Phi) is 7.16. The van der Waals surface area contributed by atoms with Crippen molar-refractivity contribution in [3.05, 3.63) is 0 Å². The summed E-state index contributed by atoms with van der Waals surface area (Å²) in [6.07, 6.45) is 6.96. The lowest BCUT2D eigenvalue weighted by molar-refractivity contribution is -0.146. The Hall–Kier alpha value is -0.400. The molecule has 3 aliphatic heterocycles. The quantitative estimate of drug-likeness (QED) is 0.530. The number of carbonyl (C=O) groups excluding carboxylic acids is 2. The molecule has 3 aliphatic rings. The van der Waals surface area contributed by atoms with Gasteiger partial charge in [-0.25, -0.2) is 0 Å². The zero-order valence-electron chi connectivity index (χ0n) is 14.3. The van der Waals surface area contributed by atoms with Crippen LogP contribution < -0.4 is 0 Å². The Morgan fingerprint density at radius 3 is 2.50 bits per heavy atom. The number of hydrogen-bond acceptors (Lipinski definition) is 5. The Balaban J connectivity index is 1.30. The van der Waals surface area contributed by atoms with Crippen LogP contribution in [-0.2, 0) is 14.3 Å². The molecule has 0 aliphatic carbocycles. The van der Waals surface area contributed by atoms with Crippen LogP contribution in [0.4, 0.5) is 0 Å². The van der Waals surface area contributed by atoms with Crippen LogP contribution in [-0.4, -0.2) is 71.5 Å². The molecule has 3 heterocycles. The molecule has 3 fully saturated rings. The van der Waals surface area contributed by atoms with Gasteiger partial charge >= 0.3 is 0 Å². The van der Waals surface area contributed by atoms with Crippen LogP contribution in [0.15, 0.2) is 0 Å². The normalized spacial score (nSPS) is 27.7. The molecule has 7 heteroatoms. The van der Waals surface area contributed by atoms with Gasteiger partial charge in [-0.2, -0.15) is 0 Å². The fourth-order valence-corrected chi connectivity index (χ4v) is 6.55. The van der Waals surface area contributed by atoms with Gasteiger partial charge < -0.3 is 14.5 Å². The average molecular weight is 373 g/mol. The highest BCUT2D eigenvalue weighted by atomic mass is 33.1. The lowest BCUT2D eigenvalue weighted by Gasteiger charge is -2.35. The van der Waals surface area contributed by atoms with E-state index in [9.17, 15) is 9.59 Å². The van der Waals surface area contributed by atoms with Gasteiger partial charge in [0, 0.05) is 50.2 Å². The molecule has 0 aromatic heterocycles. The van der Waals surface area contributed by atoms with E-state index in [1.807, 2.05) is 31.4 Å². The summed E-state index contributed by atoms with van der Waals surface area (Å²) in [6, 6.07) is 0. The first-order valence-corrected chi connectivity index (χ1v) is 11.6. The smallest absolute Gasteiger partial charge is 0.251 e. The molecule has 0 N–H and O–H groups in total. The molecule has 0 aromatic carbocycles. The van der Waals surface area contributed by atoms with Gasteiger partial charge in [0.1, 0.15) is 6.10 Å². The third-order valence-electron chi connectivity index (χ3n) is 5.04. The van der Waals surface area contributed by atoms with Crippen molar-refractivity contribution in [3.8, 4) is 0 Å². The van der Waals surface area contributed by atoms with Crippen molar-refractivity contribution in [2.45, 2.75) is 56.3 Å². The van der Waals surface area contributed by atoms with E-state index < -0.39 is 0 Å². The van der Waals surface area contributed by atoms with Gasteiger partial charge in [0.05, 0.1) is 0 Å². The first-order chi connectivity index (χ1) is 11.7. The first-order valence-electron chi connectivity index (χ1n) is 9.20. The Morgan fingerprint density at radius 2 is 1.83 bits per heavy atom. The number of carbonyl (C=O) groups is 2. The van der Waals surface area contributed by atoms with Gasteiger partial charge in [0.2, 0.25) is 5.91 Å². The largest absolute Gasteiger partial charge is 0.368 e. The van der Waals surface area contributed by atoms with E-state index in [-0.39, 0.29) is 17.9 Å². The molecule has 2 amide bonds. The van der Waals surface area contributed by atoms with Crippen molar-refractivity contribution in [2.75, 3.05) is 38.5 Å². The van der Waals surface area contributed by atoms with Crippen molar-refractivity contribution in [2.24, 2.45) is 0 Å². The SMILES string of the molecule is O=C(CCCCC1CCSS1)N1CCN(C(=O)C2CCCO2)CC1. The number of hydrogen-bond donors (Lipinski definition) is 0. The Bertz CT molecular complexity index is 430. The van der Waals surface area contributed by atoms with Crippen LogP contribution in [0, 0.1) is 0 Å². The monoisotopic (exact) mass is 372 g/mol. The molecule has 2 atom stereocenters. The second-order valence-corrected chi connectivity index (χ2v) is 9.57. The van der Waals surface area contributed by atoms with E-state index in [0.29, 0.717) is 39.2 Å². The van der Waals surface area contributed by atoms with E-state index in [1.165, 1.54) is 18.6 Å². The fraction of sp³-hybridized carbons (Fsp3) is 0.882. The number of ether oxygens (including phenoxy) is 1. The van der Waals surface area contributed by atoms with Crippen LogP contribution in [0.2, 0.25) is 0 Å². The highest BCUT2D eigenvalue weighted by Gasteiger charge is 2.31. The van der Waals surface area contributed by atoms with E-state index >= 15 is 0 Å². The van der Waals surface area contributed by atoms with Gasteiger partial charge in [-0.1, -0.05) is 28.0 Å². The highest BCUT2D eigenvalue weighted by molar-refractivity contribution is 8.77. The van der Waals surface area contributed by atoms with Crippen LogP contribution in [0.5, 0.6) is 0 Å². The van der Waals surface area contributed by atoms with Crippen molar-refractivity contribution >= 4 is 33.4 Å². The molecular weight excluding hydrogens is 344 g/mol. The molecule has 136 valence electrons. The number of piperazine rings is 1. The maximum absolute atomic E-state index is 12.3. The molecule has 0 saturated carbocycles. The number of unbranched alkanes of at least 4 members (excludes halogenated alkanes) is 1. The maximum atomic E-state index is 12.3.